The molecule has 1 unspecified atom stereocenters. The predicted molar refractivity (Wildman–Crippen MR) is 40.9 cm³/mol. The highest BCUT2D eigenvalue weighted by Gasteiger charge is 2.52. The van der Waals surface area contributed by atoms with Crippen LogP contribution in [-0.2, 0) is 4.79 Å². The number of hydrogen-bond acceptors (Lipinski definition) is 2. The van der Waals surface area contributed by atoms with Crippen LogP contribution in [0.2, 0.25) is 0 Å². The summed E-state index contributed by atoms with van der Waals surface area (Å²) in [5.74, 6) is -4.83. The van der Waals surface area contributed by atoms with Gasteiger partial charge in [-0.2, -0.15) is 5.26 Å². The fourth-order valence-corrected chi connectivity index (χ4v) is 1.18. The van der Waals surface area contributed by atoms with E-state index in [-0.39, 0.29) is 12.8 Å². The van der Waals surface area contributed by atoms with Crippen molar-refractivity contribution in [2.45, 2.75) is 31.7 Å². The molecule has 1 amide bonds. The lowest BCUT2D eigenvalue weighted by molar-refractivity contribution is -0.162. The van der Waals surface area contributed by atoms with Crippen molar-refractivity contribution in [3.05, 3.63) is 0 Å². The van der Waals surface area contributed by atoms with Crippen LogP contribution in [0.15, 0.2) is 0 Å². The van der Waals surface area contributed by atoms with Crippen molar-refractivity contribution in [3.63, 3.8) is 0 Å². The molecule has 72 valence electrons. The molecule has 0 aliphatic heterocycles. The first-order chi connectivity index (χ1) is 5.97. The Kier molecular flexibility index (Phi) is 2.50. The summed E-state index contributed by atoms with van der Waals surface area (Å²) in [6.07, 6.45) is -0.0248. The van der Waals surface area contributed by atoms with Crippen LogP contribution >= 0.6 is 0 Å². The van der Waals surface area contributed by atoms with Gasteiger partial charge in [-0.15, -0.1) is 0 Å². The van der Waals surface area contributed by atoms with Crippen LogP contribution in [0, 0.1) is 17.2 Å². The maximum absolute atomic E-state index is 12.7. The lowest BCUT2D eigenvalue weighted by Crippen LogP contribution is -2.50. The number of carbonyl (C=O) groups excluding carboxylic acids is 1. The van der Waals surface area contributed by atoms with Crippen LogP contribution < -0.4 is 5.32 Å². The number of amides is 1. The number of rotatable bonds is 2. The number of alkyl halides is 2. The molecule has 0 heterocycles. The quantitative estimate of drug-likeness (QED) is 0.704. The maximum Gasteiger partial charge on any atom is 0.259 e. The Hall–Kier alpha value is -1.18. The van der Waals surface area contributed by atoms with E-state index in [2.05, 4.69) is 5.32 Å². The summed E-state index contributed by atoms with van der Waals surface area (Å²) in [5.41, 5.74) is 0. The molecule has 2 atom stereocenters. The highest BCUT2D eigenvalue weighted by molar-refractivity contribution is 5.81. The van der Waals surface area contributed by atoms with Crippen molar-refractivity contribution in [2.24, 2.45) is 5.92 Å². The normalized spacial score (nSPS) is 26.8. The zero-order chi connectivity index (χ0) is 10.1. The molecule has 1 rings (SSSR count). The summed E-state index contributed by atoms with van der Waals surface area (Å²) in [4.78, 5) is 11.1. The highest BCUT2D eigenvalue weighted by Crippen LogP contribution is 2.43. The van der Waals surface area contributed by atoms with E-state index >= 15 is 0 Å². The third kappa shape index (κ3) is 1.94. The maximum atomic E-state index is 12.7. The van der Waals surface area contributed by atoms with Crippen molar-refractivity contribution in [1.29, 1.82) is 5.26 Å². The number of nitrogens with zero attached hydrogens (tertiary/aromatic N) is 1. The molecule has 0 spiro atoms. The smallest absolute Gasteiger partial charge is 0.259 e. The molecule has 0 aromatic rings. The summed E-state index contributed by atoms with van der Waals surface area (Å²) in [6.45, 7) is 1.45. The van der Waals surface area contributed by atoms with E-state index in [4.69, 9.17) is 5.26 Å². The number of nitriles is 1. The van der Waals surface area contributed by atoms with Gasteiger partial charge in [-0.1, -0.05) is 0 Å². The lowest BCUT2D eigenvalue weighted by atomic mass is 9.80. The molecule has 1 fully saturated rings. The van der Waals surface area contributed by atoms with E-state index in [9.17, 15) is 13.6 Å². The number of nitrogens with one attached hydrogen (secondary N) is 1. The summed E-state index contributed by atoms with van der Waals surface area (Å²) >= 11 is 0. The monoisotopic (exact) mass is 188 g/mol. The number of halogens is 2. The van der Waals surface area contributed by atoms with E-state index in [0.717, 1.165) is 0 Å². The van der Waals surface area contributed by atoms with Crippen molar-refractivity contribution >= 4 is 5.91 Å². The van der Waals surface area contributed by atoms with Crippen LogP contribution in [-0.4, -0.2) is 17.9 Å². The van der Waals surface area contributed by atoms with E-state index in [1.54, 1.807) is 6.07 Å². The van der Waals surface area contributed by atoms with Gasteiger partial charge in [0.1, 0.15) is 12.0 Å². The molecule has 1 aliphatic rings. The van der Waals surface area contributed by atoms with Gasteiger partial charge < -0.3 is 5.32 Å². The molecule has 0 bridgehead atoms. The SMILES string of the molecule is C[C@@H](C#N)NC(=O)C1CCC1(F)F. The number of hydrogen-bond donors (Lipinski definition) is 1. The van der Waals surface area contributed by atoms with Gasteiger partial charge in [0.15, 0.2) is 0 Å². The molecular weight excluding hydrogens is 178 g/mol. The average Bonchev–Trinajstić information content (AvgIpc) is 2.02. The van der Waals surface area contributed by atoms with Gasteiger partial charge in [-0.05, 0) is 13.3 Å². The van der Waals surface area contributed by atoms with Crippen LogP contribution in [0.1, 0.15) is 19.8 Å². The first kappa shape index (κ1) is 9.90. The van der Waals surface area contributed by atoms with Crippen LogP contribution in [0.25, 0.3) is 0 Å². The molecule has 1 N–H and O–H groups in total. The molecule has 0 radical (unpaired) electrons. The number of carbonyl (C=O) groups is 1. The third-order valence-electron chi connectivity index (χ3n) is 2.15. The first-order valence-corrected chi connectivity index (χ1v) is 4.05. The Labute approximate surface area is 74.7 Å². The molecule has 13 heavy (non-hydrogen) atoms. The second-order valence-electron chi connectivity index (χ2n) is 3.21. The fraction of sp³-hybridized carbons (Fsp3) is 0.750. The van der Waals surface area contributed by atoms with Gasteiger partial charge in [0.05, 0.1) is 6.07 Å². The molecule has 0 aromatic heterocycles. The van der Waals surface area contributed by atoms with Gasteiger partial charge in [-0.25, -0.2) is 8.78 Å². The summed E-state index contributed by atoms with van der Waals surface area (Å²) < 4.78 is 25.3. The topological polar surface area (TPSA) is 52.9 Å². The van der Waals surface area contributed by atoms with Gasteiger partial charge in [-0.3, -0.25) is 4.79 Å². The molecule has 0 aromatic carbocycles. The predicted octanol–water partition coefficient (Wildman–Crippen LogP) is 1.06. The summed E-state index contributed by atoms with van der Waals surface area (Å²) in [7, 11) is 0. The van der Waals surface area contributed by atoms with Crippen molar-refractivity contribution in [1.82, 2.24) is 5.32 Å². The Morgan fingerprint density at radius 2 is 2.38 bits per heavy atom. The van der Waals surface area contributed by atoms with Crippen molar-refractivity contribution < 1.29 is 13.6 Å². The van der Waals surface area contributed by atoms with Crippen LogP contribution in [0.3, 0.4) is 0 Å². The van der Waals surface area contributed by atoms with Gasteiger partial charge >= 0.3 is 0 Å². The zero-order valence-electron chi connectivity index (χ0n) is 7.18. The van der Waals surface area contributed by atoms with Gasteiger partial charge in [0.25, 0.3) is 5.92 Å². The summed E-state index contributed by atoms with van der Waals surface area (Å²) in [5, 5.41) is 10.5. The molecule has 3 nitrogen and oxygen atoms in total. The Morgan fingerprint density at radius 3 is 2.69 bits per heavy atom. The minimum atomic E-state index is -2.88. The molecular formula is C8H10F2N2O. The van der Waals surface area contributed by atoms with Crippen LogP contribution in [0.5, 0.6) is 0 Å². The third-order valence-corrected chi connectivity index (χ3v) is 2.15. The Morgan fingerprint density at radius 1 is 1.77 bits per heavy atom. The minimum Gasteiger partial charge on any atom is -0.340 e. The van der Waals surface area contributed by atoms with E-state index in [1.165, 1.54) is 6.92 Å². The molecule has 1 aliphatic carbocycles. The molecule has 0 saturated heterocycles. The van der Waals surface area contributed by atoms with Gasteiger partial charge in [0.2, 0.25) is 5.91 Å². The lowest BCUT2D eigenvalue weighted by Gasteiger charge is -2.35. The van der Waals surface area contributed by atoms with Crippen LogP contribution in [0.4, 0.5) is 8.78 Å². The zero-order valence-corrected chi connectivity index (χ0v) is 7.18. The van der Waals surface area contributed by atoms with Crippen molar-refractivity contribution in [3.8, 4) is 6.07 Å². The molecule has 1 saturated carbocycles. The fourth-order valence-electron chi connectivity index (χ4n) is 1.18. The molecule has 5 heteroatoms. The second-order valence-corrected chi connectivity index (χ2v) is 3.21. The average molecular weight is 188 g/mol. The summed E-state index contributed by atoms with van der Waals surface area (Å²) in [6, 6.07) is 1.04. The minimum absolute atomic E-state index is 0.205. The van der Waals surface area contributed by atoms with Gasteiger partial charge in [0, 0.05) is 6.42 Å². The van der Waals surface area contributed by atoms with E-state index in [0.29, 0.717) is 0 Å². The second kappa shape index (κ2) is 3.29. The highest BCUT2D eigenvalue weighted by atomic mass is 19.3. The van der Waals surface area contributed by atoms with E-state index in [1.807, 2.05) is 0 Å². The Bertz CT molecular complexity index is 259. The van der Waals surface area contributed by atoms with E-state index < -0.39 is 23.8 Å². The van der Waals surface area contributed by atoms with Crippen molar-refractivity contribution in [2.75, 3.05) is 0 Å². The Balaban J connectivity index is 2.46. The first-order valence-electron chi connectivity index (χ1n) is 4.05. The standard InChI is InChI=1S/C8H10F2N2O/c1-5(4-11)12-7(13)6-2-3-8(6,9)10/h5-6H,2-3H2,1H3,(H,12,13)/t5-,6?/m0/s1. The largest absolute Gasteiger partial charge is 0.340 e.